The maximum absolute atomic E-state index is 13.9. The number of nitrogens with zero attached hydrogens (tertiary/aromatic N) is 4. The van der Waals surface area contributed by atoms with Gasteiger partial charge in [0.25, 0.3) is 0 Å². The summed E-state index contributed by atoms with van der Waals surface area (Å²) in [5.74, 6) is -2.36. The van der Waals surface area contributed by atoms with Crippen LogP contribution in [-0.2, 0) is 47.7 Å². The van der Waals surface area contributed by atoms with E-state index in [4.69, 9.17) is 23.7 Å². The molecule has 330 valence electrons. The Morgan fingerprint density at radius 2 is 0.772 bits per heavy atom. The van der Waals surface area contributed by atoms with Gasteiger partial charge in [-0.3, -0.25) is 49.0 Å². The van der Waals surface area contributed by atoms with E-state index >= 15 is 0 Å². The molecule has 57 heavy (non-hydrogen) atoms. The van der Waals surface area contributed by atoms with Crippen molar-refractivity contribution in [3.8, 4) is 0 Å². The normalized spacial score (nSPS) is 17.2. The van der Waals surface area contributed by atoms with Crippen LogP contribution >= 0.6 is 0 Å². The highest BCUT2D eigenvalue weighted by Crippen LogP contribution is 2.18. The van der Waals surface area contributed by atoms with Crippen molar-refractivity contribution in [2.24, 2.45) is 0 Å². The number of hydrazine groups is 1. The molecule has 1 fully saturated rings. The fourth-order valence-corrected chi connectivity index (χ4v) is 5.58. The van der Waals surface area contributed by atoms with Gasteiger partial charge in [-0.2, -0.15) is 0 Å². The molecule has 1 rings (SSSR count). The summed E-state index contributed by atoms with van der Waals surface area (Å²) in [5, 5.41) is 0. The van der Waals surface area contributed by atoms with E-state index in [2.05, 4.69) is 10.9 Å². The summed E-state index contributed by atoms with van der Waals surface area (Å²) in [6.45, 7) is 29.0. The minimum absolute atomic E-state index is 0.00445. The Hall–Kier alpha value is -3.54. The standard InChI is InChI=1S/C40H74N6O11/c1-36(2,3)53-31(48)26-43-18-20-44(27-32(49)54-37(4,5)6)22-24-46(25-23-45(21-19-43)28-33(50)55-38(7,8)9)29(34(51)56-39(10,11)12)16-17-30(47)41-42-35(52)57-40(13,14)15/h29H,16-28H2,1-15H3,(H,41,47)(H,42,52). The Balaban J connectivity index is 3.55. The second kappa shape index (κ2) is 22.0. The van der Waals surface area contributed by atoms with Crippen LogP contribution in [0, 0.1) is 0 Å². The smallest absolute Gasteiger partial charge is 0.426 e. The van der Waals surface area contributed by atoms with E-state index < -0.39 is 69.9 Å². The Labute approximate surface area is 341 Å². The molecule has 0 bridgehead atoms. The van der Waals surface area contributed by atoms with Crippen molar-refractivity contribution in [2.75, 3.05) is 72.0 Å². The lowest BCUT2D eigenvalue weighted by Crippen LogP contribution is -2.53. The Morgan fingerprint density at radius 3 is 1.09 bits per heavy atom. The van der Waals surface area contributed by atoms with Gasteiger partial charge < -0.3 is 23.7 Å². The molecular weight excluding hydrogens is 740 g/mol. The molecule has 17 heteroatoms. The van der Waals surface area contributed by atoms with Crippen LogP contribution in [-0.4, -0.2) is 162 Å². The lowest BCUT2D eigenvalue weighted by Gasteiger charge is -2.37. The summed E-state index contributed by atoms with van der Waals surface area (Å²) in [7, 11) is 0. The van der Waals surface area contributed by atoms with Crippen LogP contribution in [0.3, 0.4) is 0 Å². The van der Waals surface area contributed by atoms with Crippen molar-refractivity contribution >= 4 is 35.9 Å². The molecule has 0 aromatic heterocycles. The van der Waals surface area contributed by atoms with Gasteiger partial charge in [-0.15, -0.1) is 0 Å². The summed E-state index contributed by atoms with van der Waals surface area (Å²) in [6.07, 6.45) is -0.958. The molecule has 0 saturated carbocycles. The van der Waals surface area contributed by atoms with E-state index in [1.54, 1.807) is 104 Å². The predicted octanol–water partition coefficient (Wildman–Crippen LogP) is 3.28. The molecule has 1 heterocycles. The van der Waals surface area contributed by atoms with Crippen molar-refractivity contribution in [2.45, 2.75) is 151 Å². The second-order valence-corrected chi connectivity index (χ2v) is 19.4. The average molecular weight is 815 g/mol. The van der Waals surface area contributed by atoms with Gasteiger partial charge >= 0.3 is 30.0 Å². The maximum atomic E-state index is 13.9. The maximum Gasteiger partial charge on any atom is 0.426 e. The Morgan fingerprint density at radius 1 is 0.456 bits per heavy atom. The zero-order valence-electron chi connectivity index (χ0n) is 37.5. The quantitative estimate of drug-likeness (QED) is 0.176. The minimum Gasteiger partial charge on any atom is -0.459 e. The van der Waals surface area contributed by atoms with Gasteiger partial charge in [-0.1, -0.05) is 0 Å². The van der Waals surface area contributed by atoms with Crippen molar-refractivity contribution < 1.29 is 52.5 Å². The molecule has 0 radical (unpaired) electrons. The lowest BCUT2D eigenvalue weighted by atomic mass is 10.1. The molecular formula is C40H74N6O11. The highest BCUT2D eigenvalue weighted by molar-refractivity contribution is 5.81. The first-order valence-electron chi connectivity index (χ1n) is 19.9. The third kappa shape index (κ3) is 26.2. The molecule has 0 aromatic carbocycles. The fraction of sp³-hybridized carbons (Fsp3) is 0.850. The van der Waals surface area contributed by atoms with Crippen molar-refractivity contribution in [3.05, 3.63) is 0 Å². The van der Waals surface area contributed by atoms with E-state index in [-0.39, 0.29) is 45.6 Å². The van der Waals surface area contributed by atoms with Crippen LogP contribution in [0.25, 0.3) is 0 Å². The number of nitrogens with one attached hydrogen (secondary N) is 2. The van der Waals surface area contributed by atoms with Gasteiger partial charge in [0.1, 0.15) is 34.0 Å². The van der Waals surface area contributed by atoms with E-state index in [1.165, 1.54) is 0 Å². The molecule has 2 amide bonds. The first kappa shape index (κ1) is 51.5. The summed E-state index contributed by atoms with van der Waals surface area (Å²) in [6, 6.07) is -0.921. The number of ether oxygens (including phenoxy) is 5. The summed E-state index contributed by atoms with van der Waals surface area (Å²) in [5.41, 5.74) is 0.855. The average Bonchev–Trinajstić information content (AvgIpc) is 2.96. The number of rotatable bonds is 11. The highest BCUT2D eigenvalue weighted by atomic mass is 16.6. The van der Waals surface area contributed by atoms with Crippen LogP contribution < -0.4 is 10.9 Å². The van der Waals surface area contributed by atoms with E-state index in [1.807, 2.05) is 19.6 Å². The van der Waals surface area contributed by atoms with Crippen LogP contribution in [0.2, 0.25) is 0 Å². The van der Waals surface area contributed by atoms with Crippen LogP contribution in [0.15, 0.2) is 0 Å². The van der Waals surface area contributed by atoms with Gasteiger partial charge in [0.05, 0.1) is 19.6 Å². The molecule has 0 spiro atoms. The van der Waals surface area contributed by atoms with E-state index in [0.717, 1.165) is 0 Å². The highest BCUT2D eigenvalue weighted by Gasteiger charge is 2.33. The van der Waals surface area contributed by atoms with Crippen LogP contribution in [0.5, 0.6) is 0 Å². The zero-order valence-corrected chi connectivity index (χ0v) is 37.5. The van der Waals surface area contributed by atoms with Crippen molar-refractivity contribution in [1.82, 2.24) is 30.5 Å². The fourth-order valence-electron chi connectivity index (χ4n) is 5.58. The largest absolute Gasteiger partial charge is 0.459 e. The minimum atomic E-state index is -0.921. The summed E-state index contributed by atoms with van der Waals surface area (Å²) >= 11 is 0. The van der Waals surface area contributed by atoms with Crippen molar-refractivity contribution in [1.29, 1.82) is 0 Å². The predicted molar refractivity (Wildman–Crippen MR) is 215 cm³/mol. The number of carbonyl (C=O) groups is 6. The Bertz CT molecular complexity index is 1290. The molecule has 2 N–H and O–H groups in total. The SMILES string of the molecule is CC(C)(C)OC(=O)CN1CCN(CC(=O)OC(C)(C)C)CCN(C(CCC(=O)NNC(=O)OC(C)(C)C)C(=O)OC(C)(C)C)CCN(CC(=O)OC(C)(C)C)CC1. The summed E-state index contributed by atoms with van der Waals surface area (Å²) in [4.78, 5) is 86.0. The third-order valence-corrected chi connectivity index (χ3v) is 7.66. The van der Waals surface area contributed by atoms with E-state index in [9.17, 15) is 28.8 Å². The zero-order chi connectivity index (χ0) is 44.0. The molecule has 1 atom stereocenters. The number of hydrogen-bond donors (Lipinski definition) is 2. The van der Waals surface area contributed by atoms with Gasteiger partial charge in [-0.05, 0) is 110 Å². The molecule has 1 aliphatic rings. The molecule has 17 nitrogen and oxygen atoms in total. The molecule has 1 aliphatic heterocycles. The van der Waals surface area contributed by atoms with Gasteiger partial charge in [0.15, 0.2) is 0 Å². The number of amides is 2. The topological polar surface area (TPSA) is 186 Å². The van der Waals surface area contributed by atoms with Crippen LogP contribution in [0.4, 0.5) is 4.79 Å². The third-order valence-electron chi connectivity index (χ3n) is 7.66. The van der Waals surface area contributed by atoms with Crippen molar-refractivity contribution in [3.63, 3.8) is 0 Å². The Kier molecular flexibility index (Phi) is 19.9. The number of esters is 4. The van der Waals surface area contributed by atoms with Gasteiger partial charge in [0, 0.05) is 58.8 Å². The molecule has 0 aliphatic carbocycles. The first-order valence-corrected chi connectivity index (χ1v) is 19.9. The summed E-state index contributed by atoms with van der Waals surface area (Å²) < 4.78 is 28.0. The monoisotopic (exact) mass is 815 g/mol. The first-order chi connectivity index (χ1) is 25.8. The van der Waals surface area contributed by atoms with Crippen LogP contribution in [0.1, 0.15) is 117 Å². The lowest BCUT2D eigenvalue weighted by molar-refractivity contribution is -0.163. The molecule has 1 saturated heterocycles. The van der Waals surface area contributed by atoms with E-state index in [0.29, 0.717) is 39.3 Å². The number of carbonyl (C=O) groups excluding carboxylic acids is 6. The second-order valence-electron chi connectivity index (χ2n) is 19.4. The van der Waals surface area contributed by atoms with Gasteiger partial charge in [-0.25, -0.2) is 10.2 Å². The number of hydrogen-bond acceptors (Lipinski definition) is 15. The van der Waals surface area contributed by atoms with Gasteiger partial charge in [0.2, 0.25) is 5.91 Å². The molecule has 0 aromatic rings. The molecule has 1 unspecified atom stereocenters.